The van der Waals surface area contributed by atoms with Crippen molar-refractivity contribution < 1.29 is 18.7 Å². The lowest BCUT2D eigenvalue weighted by Crippen LogP contribution is -2.30. The van der Waals surface area contributed by atoms with Crippen molar-refractivity contribution >= 4 is 44.4 Å². The molecule has 8 heteroatoms. The molecule has 0 N–H and O–H groups in total. The molecular weight excluding hydrogens is 432 g/mol. The third-order valence-electron chi connectivity index (χ3n) is 4.65. The molecule has 0 saturated carbocycles. The first-order valence-electron chi connectivity index (χ1n) is 9.70. The molecule has 0 aliphatic heterocycles. The molecule has 4 aromatic rings. The van der Waals surface area contributed by atoms with Crippen LogP contribution in [-0.4, -0.2) is 30.9 Å². The third-order valence-corrected chi connectivity index (χ3v) is 6.71. The van der Waals surface area contributed by atoms with E-state index in [-0.39, 0.29) is 5.91 Å². The normalized spacial score (nSPS) is 10.9. The Kier molecular flexibility index (Phi) is 6.79. The molecule has 0 fully saturated rings. The summed E-state index contributed by atoms with van der Waals surface area (Å²) in [5.74, 6) is 2.97. The van der Waals surface area contributed by atoms with Crippen LogP contribution in [0.4, 0.5) is 5.13 Å². The second-order valence-electron chi connectivity index (χ2n) is 6.66. The first kappa shape index (κ1) is 21.3. The van der Waals surface area contributed by atoms with Crippen LogP contribution in [0.5, 0.6) is 11.5 Å². The summed E-state index contributed by atoms with van der Waals surface area (Å²) in [6, 6.07) is 17.2. The molecule has 0 atom stereocenters. The lowest BCUT2D eigenvalue weighted by molar-refractivity contribution is -0.118. The highest BCUT2D eigenvalue weighted by atomic mass is 32.2. The van der Waals surface area contributed by atoms with E-state index in [2.05, 4.69) is 4.98 Å². The van der Waals surface area contributed by atoms with Crippen molar-refractivity contribution in [2.24, 2.45) is 0 Å². The van der Waals surface area contributed by atoms with Gasteiger partial charge in [-0.25, -0.2) is 4.98 Å². The number of nitrogens with zero attached hydrogens (tertiary/aromatic N) is 2. The van der Waals surface area contributed by atoms with Gasteiger partial charge in [-0.2, -0.15) is 0 Å². The number of benzene rings is 2. The summed E-state index contributed by atoms with van der Waals surface area (Å²) in [6.07, 6.45) is 2.00. The van der Waals surface area contributed by atoms with E-state index in [9.17, 15) is 4.79 Å². The van der Waals surface area contributed by atoms with Crippen LogP contribution in [0.3, 0.4) is 0 Å². The van der Waals surface area contributed by atoms with Crippen LogP contribution < -0.4 is 14.4 Å². The summed E-state index contributed by atoms with van der Waals surface area (Å²) < 4.78 is 17.0. The van der Waals surface area contributed by atoms with E-state index in [4.69, 9.17) is 13.9 Å². The number of carbonyl (C=O) groups excluding carboxylic acids is 1. The first-order valence-corrected chi connectivity index (χ1v) is 11.5. The van der Waals surface area contributed by atoms with Crippen LogP contribution in [-0.2, 0) is 11.3 Å². The number of ether oxygens (including phenoxy) is 2. The Labute approximate surface area is 188 Å². The molecule has 4 rings (SSSR count). The van der Waals surface area contributed by atoms with Crippen LogP contribution in [0, 0.1) is 0 Å². The van der Waals surface area contributed by atoms with Crippen LogP contribution >= 0.6 is 23.1 Å². The molecule has 0 saturated heterocycles. The summed E-state index contributed by atoms with van der Waals surface area (Å²) in [6.45, 7) is 0.343. The highest BCUT2D eigenvalue weighted by Crippen LogP contribution is 2.33. The minimum atomic E-state index is 0.00318. The lowest BCUT2D eigenvalue weighted by atomic mass is 10.3. The summed E-state index contributed by atoms with van der Waals surface area (Å²) in [5.41, 5.74) is 0.839. The van der Waals surface area contributed by atoms with Gasteiger partial charge in [0.15, 0.2) is 5.13 Å². The number of hydrogen-bond donors (Lipinski definition) is 0. The summed E-state index contributed by atoms with van der Waals surface area (Å²) in [7, 11) is 3.28. The Morgan fingerprint density at radius 3 is 2.58 bits per heavy atom. The zero-order valence-corrected chi connectivity index (χ0v) is 18.9. The second kappa shape index (κ2) is 9.89. The Hall–Kier alpha value is -2.97. The maximum atomic E-state index is 13.2. The minimum Gasteiger partial charge on any atom is -0.497 e. The fourth-order valence-corrected chi connectivity index (χ4v) is 4.87. The fourth-order valence-electron chi connectivity index (χ4n) is 3.02. The van der Waals surface area contributed by atoms with Crippen molar-refractivity contribution in [2.75, 3.05) is 24.9 Å². The van der Waals surface area contributed by atoms with Crippen LogP contribution in [0.15, 0.2) is 70.2 Å². The van der Waals surface area contributed by atoms with Crippen molar-refractivity contribution in [1.82, 2.24) is 4.98 Å². The number of rotatable bonds is 9. The molecule has 6 nitrogen and oxygen atoms in total. The van der Waals surface area contributed by atoms with Gasteiger partial charge in [-0.05, 0) is 54.6 Å². The molecule has 0 unspecified atom stereocenters. The smallest absolute Gasteiger partial charge is 0.230 e. The van der Waals surface area contributed by atoms with E-state index in [0.29, 0.717) is 29.6 Å². The van der Waals surface area contributed by atoms with Gasteiger partial charge in [0.2, 0.25) is 5.91 Å². The molecule has 1 amide bonds. The number of fused-ring (bicyclic) bond motifs is 1. The highest BCUT2D eigenvalue weighted by molar-refractivity contribution is 7.99. The van der Waals surface area contributed by atoms with Crippen molar-refractivity contribution in [2.45, 2.75) is 17.9 Å². The molecule has 2 heterocycles. The maximum absolute atomic E-state index is 13.2. The van der Waals surface area contributed by atoms with Crippen LogP contribution in [0.2, 0.25) is 0 Å². The molecule has 2 aromatic heterocycles. The Balaban J connectivity index is 1.49. The quantitative estimate of drug-likeness (QED) is 0.306. The van der Waals surface area contributed by atoms with Crippen molar-refractivity contribution in [3.63, 3.8) is 0 Å². The van der Waals surface area contributed by atoms with Gasteiger partial charge in [-0.15, -0.1) is 11.8 Å². The third kappa shape index (κ3) is 5.21. The number of anilines is 1. The van der Waals surface area contributed by atoms with E-state index in [0.717, 1.165) is 26.6 Å². The maximum Gasteiger partial charge on any atom is 0.230 e. The van der Waals surface area contributed by atoms with Crippen molar-refractivity contribution in [3.8, 4) is 11.5 Å². The molecule has 0 aliphatic rings. The van der Waals surface area contributed by atoms with Crippen LogP contribution in [0.1, 0.15) is 12.2 Å². The average Bonchev–Trinajstić information content (AvgIpc) is 3.46. The number of furan rings is 1. The van der Waals surface area contributed by atoms with Gasteiger partial charge in [-0.1, -0.05) is 11.3 Å². The molecule has 0 spiro atoms. The van der Waals surface area contributed by atoms with E-state index in [1.54, 1.807) is 37.1 Å². The lowest BCUT2D eigenvalue weighted by Gasteiger charge is -2.18. The van der Waals surface area contributed by atoms with E-state index < -0.39 is 0 Å². The number of hydrogen-bond acceptors (Lipinski definition) is 7. The number of thiazole rings is 1. The summed E-state index contributed by atoms with van der Waals surface area (Å²) in [5, 5.41) is 0.652. The number of carbonyl (C=O) groups is 1. The van der Waals surface area contributed by atoms with E-state index in [1.807, 2.05) is 54.6 Å². The van der Waals surface area contributed by atoms with Crippen molar-refractivity contribution in [1.29, 1.82) is 0 Å². The van der Waals surface area contributed by atoms with Gasteiger partial charge in [0.1, 0.15) is 17.3 Å². The molecular formula is C23H22N2O4S2. The van der Waals surface area contributed by atoms with Crippen molar-refractivity contribution in [3.05, 3.63) is 66.6 Å². The first-order chi connectivity index (χ1) is 15.2. The van der Waals surface area contributed by atoms with E-state index in [1.165, 1.54) is 11.3 Å². The van der Waals surface area contributed by atoms with Gasteiger partial charge in [0.25, 0.3) is 0 Å². The zero-order valence-electron chi connectivity index (χ0n) is 17.2. The summed E-state index contributed by atoms with van der Waals surface area (Å²) >= 11 is 3.11. The molecule has 0 bridgehead atoms. The van der Waals surface area contributed by atoms with Gasteiger partial charge in [0.05, 0.1) is 37.2 Å². The molecule has 2 aromatic carbocycles. The van der Waals surface area contributed by atoms with E-state index >= 15 is 0 Å². The van der Waals surface area contributed by atoms with Gasteiger partial charge in [-0.3, -0.25) is 9.69 Å². The summed E-state index contributed by atoms with van der Waals surface area (Å²) in [4.78, 5) is 20.6. The largest absolute Gasteiger partial charge is 0.497 e. The number of amides is 1. The number of thioether (sulfide) groups is 1. The minimum absolute atomic E-state index is 0.00318. The standard InChI is InChI=1S/C23H22N2O4S2/c1-27-16-5-8-19(9-6-16)30-13-11-22(26)25(15-18-4-3-12-29-18)23-24-20-10-7-17(28-2)14-21(20)31-23/h3-10,12,14H,11,13,15H2,1-2H3. The molecule has 160 valence electrons. The van der Waals surface area contributed by atoms with Crippen LogP contribution in [0.25, 0.3) is 10.2 Å². The highest BCUT2D eigenvalue weighted by Gasteiger charge is 2.21. The monoisotopic (exact) mass is 454 g/mol. The Morgan fingerprint density at radius 1 is 1.10 bits per heavy atom. The predicted octanol–water partition coefficient (Wildman–Crippen LogP) is 5.62. The second-order valence-corrected chi connectivity index (χ2v) is 8.84. The molecule has 0 radical (unpaired) electrons. The molecule has 31 heavy (non-hydrogen) atoms. The SMILES string of the molecule is COc1ccc(SCCC(=O)N(Cc2ccco2)c2nc3ccc(OC)cc3s2)cc1. The van der Waals surface area contributed by atoms with Gasteiger partial charge < -0.3 is 13.9 Å². The Morgan fingerprint density at radius 2 is 1.87 bits per heavy atom. The van der Waals surface area contributed by atoms with Gasteiger partial charge >= 0.3 is 0 Å². The number of methoxy groups -OCH3 is 2. The fraction of sp³-hybridized carbons (Fsp3) is 0.217. The predicted molar refractivity (Wildman–Crippen MR) is 124 cm³/mol. The number of aromatic nitrogens is 1. The average molecular weight is 455 g/mol. The zero-order chi connectivity index (χ0) is 21.6. The Bertz CT molecular complexity index is 1140. The molecule has 0 aliphatic carbocycles. The van der Waals surface area contributed by atoms with Gasteiger partial charge in [0, 0.05) is 17.1 Å². The topological polar surface area (TPSA) is 64.8 Å².